The zero-order chi connectivity index (χ0) is 19.7. The Balaban J connectivity index is 1.53. The molecule has 1 amide bonds. The largest absolute Gasteiger partial charge is 0.497 e. The van der Waals surface area contributed by atoms with Gasteiger partial charge in [0.05, 0.1) is 7.11 Å². The molecule has 0 aromatic heterocycles. The summed E-state index contributed by atoms with van der Waals surface area (Å²) in [5, 5.41) is 7.10. The molecule has 1 saturated heterocycles. The lowest BCUT2D eigenvalue weighted by atomic mass is 9.93. The van der Waals surface area contributed by atoms with Crippen LogP contribution in [0.4, 0.5) is 11.4 Å². The standard InChI is InChI=1S/C22H24N4O2/c1-15(14-24-23-2)16-4-6-18(7-5-16)26-11-10-22(21(26)27)13-17-12-19(28-3)8-9-20(17)25-22/h4-9,12,14,24-25H,2,10-11,13H2,1,3H3/b15-14+. The van der Waals surface area contributed by atoms with Gasteiger partial charge in [0, 0.05) is 37.3 Å². The van der Waals surface area contributed by atoms with E-state index in [9.17, 15) is 4.79 Å². The van der Waals surface area contributed by atoms with Crippen LogP contribution in [0.25, 0.3) is 5.57 Å². The molecule has 6 heteroatoms. The number of anilines is 2. The predicted molar refractivity (Wildman–Crippen MR) is 113 cm³/mol. The van der Waals surface area contributed by atoms with E-state index in [1.165, 1.54) is 0 Å². The smallest absolute Gasteiger partial charge is 0.253 e. The van der Waals surface area contributed by atoms with Crippen molar-refractivity contribution in [3.8, 4) is 5.75 Å². The number of methoxy groups -OCH3 is 1. The molecule has 6 nitrogen and oxygen atoms in total. The van der Waals surface area contributed by atoms with E-state index in [1.807, 2.05) is 54.3 Å². The lowest BCUT2D eigenvalue weighted by Gasteiger charge is -2.24. The van der Waals surface area contributed by atoms with Crippen LogP contribution in [0, 0.1) is 0 Å². The molecule has 144 valence electrons. The van der Waals surface area contributed by atoms with Crippen molar-refractivity contribution in [1.82, 2.24) is 5.43 Å². The minimum atomic E-state index is -0.553. The summed E-state index contributed by atoms with van der Waals surface area (Å²) in [5.41, 5.74) is 7.38. The average molecular weight is 376 g/mol. The third-order valence-electron chi connectivity index (χ3n) is 5.60. The summed E-state index contributed by atoms with van der Waals surface area (Å²) in [6, 6.07) is 14.0. The summed E-state index contributed by atoms with van der Waals surface area (Å²) < 4.78 is 5.32. The van der Waals surface area contributed by atoms with Gasteiger partial charge in [-0.3, -0.25) is 10.2 Å². The summed E-state index contributed by atoms with van der Waals surface area (Å²) in [5.74, 6) is 0.945. The minimum Gasteiger partial charge on any atom is -0.497 e. The molecular weight excluding hydrogens is 352 g/mol. The second kappa shape index (κ2) is 7.03. The van der Waals surface area contributed by atoms with Gasteiger partial charge in [-0.15, -0.1) is 0 Å². The van der Waals surface area contributed by atoms with Gasteiger partial charge in [-0.05, 0) is 60.4 Å². The number of nitrogens with one attached hydrogen (secondary N) is 2. The van der Waals surface area contributed by atoms with Crippen LogP contribution in [0.5, 0.6) is 5.75 Å². The van der Waals surface area contributed by atoms with Crippen LogP contribution in [0.3, 0.4) is 0 Å². The van der Waals surface area contributed by atoms with E-state index in [4.69, 9.17) is 4.74 Å². The van der Waals surface area contributed by atoms with Crippen molar-refractivity contribution in [2.45, 2.75) is 25.3 Å². The van der Waals surface area contributed by atoms with Crippen molar-refractivity contribution < 1.29 is 9.53 Å². The molecule has 0 bridgehead atoms. The molecule has 2 aromatic rings. The molecule has 1 fully saturated rings. The van der Waals surface area contributed by atoms with Crippen LogP contribution < -0.4 is 20.4 Å². The van der Waals surface area contributed by atoms with Crippen LogP contribution in [0.2, 0.25) is 0 Å². The molecule has 0 radical (unpaired) electrons. The number of fused-ring (bicyclic) bond motifs is 1. The van der Waals surface area contributed by atoms with Crippen molar-refractivity contribution in [2.24, 2.45) is 5.10 Å². The lowest BCUT2D eigenvalue weighted by molar-refractivity contribution is -0.120. The van der Waals surface area contributed by atoms with E-state index in [1.54, 1.807) is 13.3 Å². The highest BCUT2D eigenvalue weighted by Crippen LogP contribution is 2.41. The Morgan fingerprint density at radius 2 is 2.11 bits per heavy atom. The number of hydrogen-bond acceptors (Lipinski definition) is 5. The number of rotatable bonds is 5. The van der Waals surface area contributed by atoms with Gasteiger partial charge in [0.25, 0.3) is 5.91 Å². The van der Waals surface area contributed by atoms with Gasteiger partial charge in [0.15, 0.2) is 0 Å². The highest BCUT2D eigenvalue weighted by Gasteiger charge is 2.50. The van der Waals surface area contributed by atoms with Crippen molar-refractivity contribution in [2.75, 3.05) is 23.9 Å². The number of benzene rings is 2. The molecule has 2 aliphatic heterocycles. The fourth-order valence-corrected chi connectivity index (χ4v) is 4.02. The second-order valence-corrected chi connectivity index (χ2v) is 7.28. The van der Waals surface area contributed by atoms with Crippen LogP contribution in [0.1, 0.15) is 24.5 Å². The highest BCUT2D eigenvalue weighted by molar-refractivity contribution is 6.06. The molecule has 28 heavy (non-hydrogen) atoms. The van der Waals surface area contributed by atoms with Gasteiger partial charge in [0.1, 0.15) is 11.3 Å². The maximum atomic E-state index is 13.3. The molecule has 2 aromatic carbocycles. The first-order valence-corrected chi connectivity index (χ1v) is 9.32. The zero-order valence-corrected chi connectivity index (χ0v) is 16.2. The Morgan fingerprint density at radius 3 is 2.82 bits per heavy atom. The third-order valence-corrected chi connectivity index (χ3v) is 5.60. The number of hydrogen-bond donors (Lipinski definition) is 2. The lowest BCUT2D eigenvalue weighted by Crippen LogP contribution is -2.45. The van der Waals surface area contributed by atoms with Crippen molar-refractivity contribution in [3.05, 3.63) is 59.8 Å². The zero-order valence-electron chi connectivity index (χ0n) is 16.2. The molecule has 0 saturated carbocycles. The molecule has 1 atom stereocenters. The Morgan fingerprint density at radius 1 is 1.32 bits per heavy atom. The average Bonchev–Trinajstić information content (AvgIpc) is 3.25. The molecule has 1 unspecified atom stereocenters. The van der Waals surface area contributed by atoms with E-state index in [0.29, 0.717) is 13.0 Å². The molecule has 2 N–H and O–H groups in total. The SMILES string of the molecule is C=NN/C=C(\C)c1ccc(N2CCC3(Cc4cc(OC)ccc4N3)C2=O)cc1. The molecule has 1 spiro atoms. The monoisotopic (exact) mass is 376 g/mol. The summed E-state index contributed by atoms with van der Waals surface area (Å²) in [4.78, 5) is 15.2. The van der Waals surface area contributed by atoms with E-state index in [0.717, 1.165) is 40.2 Å². The fraction of sp³-hybridized carbons (Fsp3) is 0.273. The van der Waals surface area contributed by atoms with E-state index in [-0.39, 0.29) is 5.91 Å². The van der Waals surface area contributed by atoms with Gasteiger partial charge >= 0.3 is 0 Å². The number of hydrazone groups is 1. The highest BCUT2D eigenvalue weighted by atomic mass is 16.5. The molecule has 2 aliphatic rings. The van der Waals surface area contributed by atoms with Gasteiger partial charge in [0.2, 0.25) is 0 Å². The van der Waals surface area contributed by atoms with E-state index in [2.05, 4.69) is 22.6 Å². The molecule has 4 rings (SSSR count). The Labute approximate surface area is 164 Å². The number of carbonyl (C=O) groups excluding carboxylic acids is 1. The van der Waals surface area contributed by atoms with Crippen LogP contribution in [-0.4, -0.2) is 31.8 Å². The Kier molecular flexibility index (Phi) is 4.55. The summed E-state index contributed by atoms with van der Waals surface area (Å²) >= 11 is 0. The fourth-order valence-electron chi connectivity index (χ4n) is 4.02. The maximum absolute atomic E-state index is 13.3. The predicted octanol–water partition coefficient (Wildman–Crippen LogP) is 3.40. The normalized spacial score (nSPS) is 20.9. The van der Waals surface area contributed by atoms with E-state index >= 15 is 0 Å². The first-order valence-electron chi connectivity index (χ1n) is 9.32. The van der Waals surface area contributed by atoms with Crippen LogP contribution in [-0.2, 0) is 11.2 Å². The number of carbonyl (C=O) groups is 1. The summed E-state index contributed by atoms with van der Waals surface area (Å²) in [7, 11) is 1.66. The maximum Gasteiger partial charge on any atom is 0.253 e. The summed E-state index contributed by atoms with van der Waals surface area (Å²) in [6.45, 7) is 6.10. The van der Waals surface area contributed by atoms with Crippen LogP contribution >= 0.6 is 0 Å². The number of ether oxygens (including phenoxy) is 1. The summed E-state index contributed by atoms with van der Waals surface area (Å²) in [6.07, 6.45) is 3.26. The Bertz CT molecular complexity index is 952. The first-order chi connectivity index (χ1) is 13.6. The minimum absolute atomic E-state index is 0.125. The van der Waals surface area contributed by atoms with Gasteiger partial charge in [-0.25, -0.2) is 0 Å². The molecular formula is C22H24N4O2. The number of nitrogens with zero attached hydrogens (tertiary/aromatic N) is 2. The Hall–Kier alpha value is -3.28. The number of allylic oxidation sites excluding steroid dienone is 1. The second-order valence-electron chi connectivity index (χ2n) is 7.28. The van der Waals surface area contributed by atoms with Crippen molar-refractivity contribution in [3.63, 3.8) is 0 Å². The van der Waals surface area contributed by atoms with Gasteiger partial charge in [-0.2, -0.15) is 5.10 Å². The van der Waals surface area contributed by atoms with Crippen LogP contribution in [0.15, 0.2) is 53.8 Å². The quantitative estimate of drug-likeness (QED) is 0.620. The van der Waals surface area contributed by atoms with Crippen molar-refractivity contribution in [1.29, 1.82) is 0 Å². The molecule has 0 aliphatic carbocycles. The first kappa shape index (κ1) is 18.1. The third kappa shape index (κ3) is 3.01. The van der Waals surface area contributed by atoms with Crippen molar-refractivity contribution >= 4 is 29.6 Å². The number of amides is 1. The topological polar surface area (TPSA) is 66.0 Å². The van der Waals surface area contributed by atoms with Gasteiger partial charge in [-0.1, -0.05) is 12.1 Å². The van der Waals surface area contributed by atoms with E-state index < -0.39 is 5.54 Å². The molecule has 2 heterocycles. The van der Waals surface area contributed by atoms with Gasteiger partial charge < -0.3 is 15.0 Å².